The highest BCUT2D eigenvalue weighted by atomic mass is 16.4. The molecule has 1 aromatic rings. The molecule has 2 amide bonds. The van der Waals surface area contributed by atoms with E-state index in [1.54, 1.807) is 0 Å². The second kappa shape index (κ2) is 3.65. The van der Waals surface area contributed by atoms with E-state index in [1.807, 2.05) is 0 Å². The van der Waals surface area contributed by atoms with Crippen LogP contribution in [0.25, 0.3) is 0 Å². The van der Waals surface area contributed by atoms with Crippen LogP contribution in [0.1, 0.15) is 10.5 Å². The molecule has 2 N–H and O–H groups in total. The lowest BCUT2D eigenvalue weighted by Gasteiger charge is -2.23. The summed E-state index contributed by atoms with van der Waals surface area (Å²) in [5.41, 5.74) is -0.270. The van der Waals surface area contributed by atoms with Gasteiger partial charge in [0.25, 0.3) is 6.01 Å². The Bertz CT molecular complexity index is 450. The standard InChI is InChI=1S/C8H7N3O5/c12-5-1-11(2-6(13)10-5)8-9-4(3-16-8)7(14)15/h3H,1-2H2,(H,14,15)(H,10,12,13). The number of hydrogen-bond donors (Lipinski definition) is 2. The molecule has 8 heteroatoms. The van der Waals surface area contributed by atoms with Crippen LogP contribution in [0, 0.1) is 0 Å². The van der Waals surface area contributed by atoms with Gasteiger partial charge in [-0.05, 0) is 0 Å². The number of nitrogens with one attached hydrogen (secondary N) is 1. The van der Waals surface area contributed by atoms with Crippen molar-refractivity contribution in [2.75, 3.05) is 18.0 Å². The second-order valence-corrected chi connectivity index (χ2v) is 3.15. The van der Waals surface area contributed by atoms with Crippen LogP contribution in [0.2, 0.25) is 0 Å². The van der Waals surface area contributed by atoms with Crippen molar-refractivity contribution in [3.8, 4) is 0 Å². The minimum Gasteiger partial charge on any atom is -0.476 e. The number of carboxylic acid groups (broad SMARTS) is 1. The summed E-state index contributed by atoms with van der Waals surface area (Å²) in [7, 11) is 0. The molecule has 0 aliphatic carbocycles. The smallest absolute Gasteiger partial charge is 0.357 e. The van der Waals surface area contributed by atoms with E-state index < -0.39 is 17.8 Å². The first-order valence-corrected chi connectivity index (χ1v) is 4.32. The normalized spacial score (nSPS) is 16.1. The van der Waals surface area contributed by atoms with Crippen molar-refractivity contribution >= 4 is 23.8 Å². The fourth-order valence-corrected chi connectivity index (χ4v) is 1.28. The summed E-state index contributed by atoms with van der Waals surface area (Å²) >= 11 is 0. The number of amides is 2. The molecule has 0 bridgehead atoms. The average molecular weight is 225 g/mol. The highest BCUT2D eigenvalue weighted by Gasteiger charge is 2.26. The topological polar surface area (TPSA) is 113 Å². The molecule has 1 saturated heterocycles. The van der Waals surface area contributed by atoms with Gasteiger partial charge in [-0.3, -0.25) is 14.9 Å². The largest absolute Gasteiger partial charge is 0.476 e. The van der Waals surface area contributed by atoms with Crippen molar-refractivity contribution in [3.05, 3.63) is 12.0 Å². The molecule has 84 valence electrons. The van der Waals surface area contributed by atoms with E-state index in [-0.39, 0.29) is 24.8 Å². The predicted octanol–water partition coefficient (Wildman–Crippen LogP) is -1.16. The van der Waals surface area contributed by atoms with Crippen LogP contribution in [0.4, 0.5) is 6.01 Å². The molecule has 16 heavy (non-hydrogen) atoms. The molecule has 1 aromatic heterocycles. The lowest BCUT2D eigenvalue weighted by Crippen LogP contribution is -2.51. The molecular formula is C8H7N3O5. The summed E-state index contributed by atoms with van der Waals surface area (Å²) in [5, 5.41) is 10.7. The summed E-state index contributed by atoms with van der Waals surface area (Å²) in [6.45, 7) is -0.184. The average Bonchev–Trinajstić information content (AvgIpc) is 2.64. The zero-order chi connectivity index (χ0) is 11.7. The zero-order valence-corrected chi connectivity index (χ0v) is 7.97. The summed E-state index contributed by atoms with van der Waals surface area (Å²) in [5.74, 6) is -2.19. The first-order valence-electron chi connectivity index (χ1n) is 4.32. The first kappa shape index (κ1) is 10.1. The van der Waals surface area contributed by atoms with E-state index in [1.165, 1.54) is 4.90 Å². The Balaban J connectivity index is 2.19. The van der Waals surface area contributed by atoms with Gasteiger partial charge in [0.05, 0.1) is 0 Å². The van der Waals surface area contributed by atoms with Gasteiger partial charge in [-0.15, -0.1) is 0 Å². The summed E-state index contributed by atoms with van der Waals surface area (Å²) in [6.07, 6.45) is 0.953. The maximum atomic E-state index is 11.0. The van der Waals surface area contributed by atoms with Gasteiger partial charge in [-0.1, -0.05) is 0 Å². The number of anilines is 1. The van der Waals surface area contributed by atoms with Gasteiger partial charge in [-0.2, -0.15) is 4.98 Å². The van der Waals surface area contributed by atoms with Crippen molar-refractivity contribution in [1.29, 1.82) is 0 Å². The maximum absolute atomic E-state index is 11.0. The SMILES string of the molecule is O=C1CN(c2nc(C(=O)O)co2)CC(=O)N1. The summed E-state index contributed by atoms with van der Waals surface area (Å²) in [4.78, 5) is 37.5. The van der Waals surface area contributed by atoms with Gasteiger partial charge in [-0.25, -0.2) is 4.79 Å². The number of aromatic carboxylic acids is 1. The zero-order valence-electron chi connectivity index (χ0n) is 7.97. The third kappa shape index (κ3) is 1.85. The van der Waals surface area contributed by atoms with Gasteiger partial charge < -0.3 is 14.4 Å². The highest BCUT2D eigenvalue weighted by Crippen LogP contribution is 2.14. The van der Waals surface area contributed by atoms with E-state index in [2.05, 4.69) is 10.3 Å². The van der Waals surface area contributed by atoms with Crippen LogP contribution in [0.5, 0.6) is 0 Å². The van der Waals surface area contributed by atoms with Crippen LogP contribution in [0.3, 0.4) is 0 Å². The summed E-state index contributed by atoms with van der Waals surface area (Å²) in [6, 6.07) is -0.0550. The van der Waals surface area contributed by atoms with Gasteiger partial charge >= 0.3 is 5.97 Å². The fraction of sp³-hybridized carbons (Fsp3) is 0.250. The van der Waals surface area contributed by atoms with Crippen molar-refractivity contribution < 1.29 is 23.9 Å². The van der Waals surface area contributed by atoms with Crippen LogP contribution in [-0.4, -0.2) is 41.0 Å². The molecule has 0 radical (unpaired) electrons. The lowest BCUT2D eigenvalue weighted by molar-refractivity contribution is -0.130. The third-order valence-electron chi connectivity index (χ3n) is 1.93. The molecule has 0 atom stereocenters. The number of piperazine rings is 1. The maximum Gasteiger partial charge on any atom is 0.357 e. The molecule has 2 rings (SSSR count). The van der Waals surface area contributed by atoms with E-state index in [9.17, 15) is 14.4 Å². The van der Waals surface area contributed by atoms with Gasteiger partial charge in [0.1, 0.15) is 19.4 Å². The molecule has 0 unspecified atom stereocenters. The van der Waals surface area contributed by atoms with Crippen molar-refractivity contribution in [2.45, 2.75) is 0 Å². The number of nitrogens with zero attached hydrogens (tertiary/aromatic N) is 2. The van der Waals surface area contributed by atoms with E-state index in [0.717, 1.165) is 6.26 Å². The Morgan fingerprint density at radius 3 is 2.56 bits per heavy atom. The monoisotopic (exact) mass is 225 g/mol. The quantitative estimate of drug-likeness (QED) is 0.610. The Labute approximate surface area is 88.9 Å². The number of oxazole rings is 1. The van der Waals surface area contributed by atoms with E-state index in [0.29, 0.717) is 0 Å². The minimum absolute atomic E-state index is 0.0550. The first-order chi connectivity index (χ1) is 7.56. The Hall–Kier alpha value is -2.38. The number of carboxylic acids is 1. The molecule has 0 saturated carbocycles. The second-order valence-electron chi connectivity index (χ2n) is 3.15. The van der Waals surface area contributed by atoms with Crippen LogP contribution < -0.4 is 10.2 Å². The molecule has 1 aliphatic rings. The molecule has 0 aromatic carbocycles. The number of hydrogen-bond acceptors (Lipinski definition) is 6. The molecule has 8 nitrogen and oxygen atoms in total. The Morgan fingerprint density at radius 2 is 2.06 bits per heavy atom. The number of carbonyl (C=O) groups excluding carboxylic acids is 2. The fourth-order valence-electron chi connectivity index (χ4n) is 1.28. The van der Waals surface area contributed by atoms with Gasteiger partial charge in [0.2, 0.25) is 11.8 Å². The van der Waals surface area contributed by atoms with E-state index >= 15 is 0 Å². The highest BCUT2D eigenvalue weighted by molar-refractivity contribution is 6.02. The Morgan fingerprint density at radius 1 is 1.44 bits per heavy atom. The lowest BCUT2D eigenvalue weighted by atomic mass is 10.3. The number of rotatable bonds is 2. The minimum atomic E-state index is -1.23. The third-order valence-corrected chi connectivity index (χ3v) is 1.93. The van der Waals surface area contributed by atoms with Crippen molar-refractivity contribution in [1.82, 2.24) is 10.3 Å². The molecular weight excluding hydrogens is 218 g/mol. The van der Waals surface area contributed by atoms with E-state index in [4.69, 9.17) is 9.52 Å². The van der Waals surface area contributed by atoms with Gasteiger partial charge in [0.15, 0.2) is 5.69 Å². The number of imide groups is 1. The Kier molecular flexibility index (Phi) is 2.31. The van der Waals surface area contributed by atoms with Crippen LogP contribution >= 0.6 is 0 Å². The van der Waals surface area contributed by atoms with Crippen LogP contribution in [-0.2, 0) is 9.59 Å². The molecule has 1 fully saturated rings. The van der Waals surface area contributed by atoms with Crippen molar-refractivity contribution in [2.24, 2.45) is 0 Å². The predicted molar refractivity (Wildman–Crippen MR) is 48.8 cm³/mol. The number of carbonyl (C=O) groups is 3. The van der Waals surface area contributed by atoms with Crippen LogP contribution in [0.15, 0.2) is 10.7 Å². The molecule has 2 heterocycles. The van der Waals surface area contributed by atoms with Crippen molar-refractivity contribution in [3.63, 3.8) is 0 Å². The number of aromatic nitrogens is 1. The molecule has 0 spiro atoms. The summed E-state index contributed by atoms with van der Waals surface area (Å²) < 4.78 is 4.86. The molecule has 1 aliphatic heterocycles. The van der Waals surface area contributed by atoms with Gasteiger partial charge in [0, 0.05) is 0 Å².